The Bertz CT molecular complexity index is 1950. The number of benzene rings is 2. The molecule has 48 heavy (non-hydrogen) atoms. The van der Waals surface area contributed by atoms with Crippen molar-refractivity contribution < 1.29 is 57.1 Å². The van der Waals surface area contributed by atoms with E-state index in [4.69, 9.17) is 11.6 Å². The highest BCUT2D eigenvalue weighted by Crippen LogP contribution is 2.48. The summed E-state index contributed by atoms with van der Waals surface area (Å²) in [6, 6.07) is 4.60. The lowest BCUT2D eigenvalue weighted by molar-refractivity contribution is -0.664. The summed E-state index contributed by atoms with van der Waals surface area (Å²) in [5.74, 6) is -0.374. The van der Waals surface area contributed by atoms with E-state index in [0.29, 0.717) is 23.1 Å². The molecule has 0 saturated carbocycles. The molecule has 0 radical (unpaired) electrons. The number of alkyl halides is 9. The molecule has 0 saturated heterocycles. The van der Waals surface area contributed by atoms with Crippen LogP contribution in [0.5, 0.6) is 0 Å². The van der Waals surface area contributed by atoms with Crippen molar-refractivity contribution in [2.45, 2.75) is 51.4 Å². The molecule has 0 N–H and O–H groups in total. The summed E-state index contributed by atoms with van der Waals surface area (Å²) in [6.07, 6.45) is -8.31. The first-order chi connectivity index (χ1) is 22.2. The Labute approximate surface area is 273 Å². The Hall–Kier alpha value is -3.70. The highest BCUT2D eigenvalue weighted by Gasteiger charge is 2.42. The van der Waals surface area contributed by atoms with Gasteiger partial charge in [0.05, 0.1) is 44.2 Å². The fourth-order valence-corrected chi connectivity index (χ4v) is 6.73. The number of hydrogen-bond donors (Lipinski definition) is 0. The number of allylic oxidation sites excluding steroid dienone is 5. The van der Waals surface area contributed by atoms with Gasteiger partial charge in [-0.25, -0.2) is 17.6 Å². The normalized spacial score (nSPS) is 17.5. The molecule has 7 nitrogen and oxygen atoms in total. The quantitative estimate of drug-likeness (QED) is 0.136. The monoisotopic (exact) mass is 728 g/mol. The van der Waals surface area contributed by atoms with Crippen molar-refractivity contribution in [2.24, 2.45) is 0 Å². The van der Waals surface area contributed by atoms with Crippen LogP contribution in [0.1, 0.15) is 36.7 Å². The minimum Gasteiger partial charge on any atom is -0.748 e. The summed E-state index contributed by atoms with van der Waals surface area (Å²) in [6.45, 7) is 0.478. The van der Waals surface area contributed by atoms with E-state index in [1.165, 1.54) is 33.8 Å². The Balaban J connectivity index is 1.54. The van der Waals surface area contributed by atoms with Crippen LogP contribution in [0.4, 0.5) is 50.9 Å². The van der Waals surface area contributed by atoms with Gasteiger partial charge in [-0.1, -0.05) is 29.8 Å². The molecule has 260 valence electrons. The average Bonchev–Trinajstić information content (AvgIpc) is 3.58. The first-order valence-corrected chi connectivity index (χ1v) is 16.3. The number of nitrogens with zero attached hydrogens (tertiary/aromatic N) is 4. The molecule has 0 atom stereocenters. The summed E-state index contributed by atoms with van der Waals surface area (Å²) < 4.78 is 158. The lowest BCUT2D eigenvalue weighted by atomic mass is 10.1. The van der Waals surface area contributed by atoms with Gasteiger partial charge < -0.3 is 14.4 Å². The van der Waals surface area contributed by atoms with Gasteiger partial charge in [-0.05, 0) is 43.7 Å². The van der Waals surface area contributed by atoms with Crippen molar-refractivity contribution in [3.8, 4) is 0 Å². The Morgan fingerprint density at radius 1 is 0.938 bits per heavy atom. The highest BCUT2D eigenvalue weighted by atomic mass is 35.5. The maximum atomic E-state index is 13.7. The molecule has 18 heteroatoms. The number of fused-ring (bicyclic) bond motifs is 4. The van der Waals surface area contributed by atoms with E-state index in [9.17, 15) is 52.5 Å². The van der Waals surface area contributed by atoms with Crippen LogP contribution in [0.3, 0.4) is 0 Å². The molecule has 0 bridgehead atoms. The van der Waals surface area contributed by atoms with E-state index in [0.717, 1.165) is 28.8 Å². The molecule has 0 spiro atoms. The zero-order chi connectivity index (χ0) is 35.4. The fourth-order valence-electron chi connectivity index (χ4n) is 5.99. The molecule has 0 unspecified atom stereocenters. The van der Waals surface area contributed by atoms with Crippen molar-refractivity contribution in [1.82, 2.24) is 4.57 Å². The van der Waals surface area contributed by atoms with Gasteiger partial charge in [0.2, 0.25) is 0 Å². The van der Waals surface area contributed by atoms with Gasteiger partial charge in [-0.15, -0.1) is 0 Å². The highest BCUT2D eigenvalue weighted by molar-refractivity contribution is 7.85. The molecule has 3 aromatic rings. The second-order valence-electron chi connectivity index (χ2n) is 11.1. The van der Waals surface area contributed by atoms with E-state index in [2.05, 4.69) is 0 Å². The van der Waals surface area contributed by atoms with Crippen LogP contribution in [0.25, 0.3) is 16.6 Å². The Kier molecular flexibility index (Phi) is 9.37. The molecule has 5 rings (SSSR count). The van der Waals surface area contributed by atoms with Crippen molar-refractivity contribution in [1.29, 1.82) is 0 Å². The van der Waals surface area contributed by atoms with E-state index in [1.807, 2.05) is 0 Å². The van der Waals surface area contributed by atoms with Crippen molar-refractivity contribution in [3.05, 3.63) is 82.4 Å². The smallest absolute Gasteiger partial charge is 0.426 e. The van der Waals surface area contributed by atoms with E-state index >= 15 is 0 Å². The number of hydrogen-bond acceptors (Lipinski definition) is 5. The van der Waals surface area contributed by atoms with Gasteiger partial charge in [-0.3, -0.25) is 0 Å². The third-order valence-corrected chi connectivity index (χ3v) is 8.98. The third kappa shape index (κ3) is 7.32. The van der Waals surface area contributed by atoms with Crippen LogP contribution >= 0.6 is 11.6 Å². The lowest BCUT2D eigenvalue weighted by Crippen LogP contribution is -2.32. The van der Waals surface area contributed by atoms with Crippen LogP contribution in [-0.4, -0.2) is 42.6 Å². The first-order valence-electron chi connectivity index (χ1n) is 14.4. The van der Waals surface area contributed by atoms with Crippen LogP contribution < -0.4 is 14.4 Å². The van der Waals surface area contributed by atoms with Gasteiger partial charge >= 0.3 is 18.5 Å². The maximum absolute atomic E-state index is 13.7. The predicted octanol–water partition coefficient (Wildman–Crippen LogP) is 7.65. The zero-order valence-electron chi connectivity index (χ0n) is 24.8. The summed E-state index contributed by atoms with van der Waals surface area (Å²) in [5.41, 5.74) is -1.47. The lowest BCUT2D eigenvalue weighted by Gasteiger charge is -2.24. The van der Waals surface area contributed by atoms with Crippen LogP contribution in [0, 0.1) is 0 Å². The van der Waals surface area contributed by atoms with Gasteiger partial charge in [0.15, 0.2) is 17.6 Å². The second kappa shape index (κ2) is 12.6. The number of halogens is 10. The minimum absolute atomic E-state index is 0.0709. The van der Waals surface area contributed by atoms with Gasteiger partial charge in [-0.2, -0.15) is 39.5 Å². The van der Waals surface area contributed by atoms with Crippen molar-refractivity contribution in [2.75, 3.05) is 28.6 Å². The van der Waals surface area contributed by atoms with Crippen molar-refractivity contribution >= 4 is 49.7 Å². The summed E-state index contributed by atoms with van der Waals surface area (Å²) >= 11 is 5.97. The molecule has 2 aromatic carbocycles. The molecule has 0 aliphatic carbocycles. The summed E-state index contributed by atoms with van der Waals surface area (Å²) in [5, 5.41) is -0.561. The number of imidazole rings is 1. The molecule has 1 aromatic heterocycles. The van der Waals surface area contributed by atoms with Crippen LogP contribution in [0.15, 0.2) is 60.5 Å². The molecule has 0 amide bonds. The van der Waals surface area contributed by atoms with E-state index < -0.39 is 57.1 Å². The molecular formula is C30H26ClF9N4O3S. The number of aryl methyl sites for hydroxylation is 1. The average molecular weight is 729 g/mol. The second-order valence-corrected chi connectivity index (χ2v) is 13.0. The van der Waals surface area contributed by atoms with E-state index in [1.54, 1.807) is 11.8 Å². The third-order valence-electron chi connectivity index (χ3n) is 7.88. The topological polar surface area (TPSA) is 72.5 Å². The van der Waals surface area contributed by atoms with Crippen molar-refractivity contribution in [3.63, 3.8) is 0 Å². The molecule has 0 fully saturated rings. The van der Waals surface area contributed by atoms with Gasteiger partial charge in [0.25, 0.3) is 5.82 Å². The zero-order valence-corrected chi connectivity index (χ0v) is 26.4. The maximum Gasteiger partial charge on any atom is 0.426 e. The molecular weight excluding hydrogens is 703 g/mol. The molecule has 2 aliphatic heterocycles. The first kappa shape index (κ1) is 35.6. The predicted molar refractivity (Wildman–Crippen MR) is 159 cm³/mol. The standard InChI is InChI=1S/C30H26ClF9N4O3S/c1-2-41-25-16-21(31)20(30(38,39)40)15-24(25)42(11-5-13-48(45,46)47)26(41)7-4-3-6-18-10-12-43-22-9-8-19(29(35,36)37)14-23(22)44(27(18)43)17-28(32,33)34/h3-4,6-9,14-16H,2,5,10-13,17H2,1H3. The summed E-state index contributed by atoms with van der Waals surface area (Å²) in [4.78, 5) is 3.03. The Morgan fingerprint density at radius 2 is 1.60 bits per heavy atom. The SMILES string of the molecule is CCN1/C(=C/C=C/C=C2\CC[n+]3c2n(CC(F)(F)F)c2cc(C(F)(F)F)ccc23)N(CCCS(=O)(=O)[O-])c2cc(C(F)(F)F)c(Cl)cc21. The molecule has 2 aliphatic rings. The van der Waals surface area contributed by atoms with E-state index in [-0.39, 0.29) is 55.0 Å². The minimum atomic E-state index is -4.80. The molecule has 3 heterocycles. The van der Waals surface area contributed by atoms with Crippen LogP contribution in [0.2, 0.25) is 5.02 Å². The summed E-state index contributed by atoms with van der Waals surface area (Å²) in [7, 11) is -4.62. The van der Waals surface area contributed by atoms with Gasteiger partial charge in [0.1, 0.15) is 5.82 Å². The number of rotatable bonds is 8. The number of aromatic nitrogens is 2. The fraction of sp³-hybridized carbons (Fsp3) is 0.367. The largest absolute Gasteiger partial charge is 0.748 e. The number of anilines is 2. The Morgan fingerprint density at radius 3 is 2.21 bits per heavy atom. The van der Waals surface area contributed by atoms with Gasteiger partial charge in [0, 0.05) is 36.9 Å². The van der Waals surface area contributed by atoms with Crippen LogP contribution in [-0.2, 0) is 35.6 Å².